The van der Waals surface area contributed by atoms with Crippen molar-refractivity contribution in [3.63, 3.8) is 0 Å². The monoisotopic (exact) mass is 256 g/mol. The minimum atomic E-state index is -0.214. The van der Waals surface area contributed by atoms with Gasteiger partial charge in [-0.3, -0.25) is 4.79 Å². The Kier molecular flexibility index (Phi) is 4.66. The van der Waals surface area contributed by atoms with E-state index in [0.717, 1.165) is 6.42 Å². The maximum Gasteiger partial charge on any atom is 0.316 e. The Morgan fingerprint density at radius 1 is 1.43 bits per heavy atom. The molecule has 76 valence electrons. The first-order valence-electron chi connectivity index (χ1n) is 4.51. The van der Waals surface area contributed by atoms with Gasteiger partial charge in [0.25, 0.3) is 0 Å². The highest BCUT2D eigenvalue weighted by Gasteiger charge is 2.08. The van der Waals surface area contributed by atoms with Gasteiger partial charge in [-0.1, -0.05) is 46.3 Å². The van der Waals surface area contributed by atoms with Crippen molar-refractivity contribution in [2.24, 2.45) is 0 Å². The van der Waals surface area contributed by atoms with E-state index >= 15 is 0 Å². The van der Waals surface area contributed by atoms with Crippen LogP contribution in [0.15, 0.2) is 30.3 Å². The number of esters is 1. The molecule has 0 N–H and O–H groups in total. The van der Waals surface area contributed by atoms with Gasteiger partial charge in [0.2, 0.25) is 0 Å². The molecule has 1 aromatic rings. The van der Waals surface area contributed by atoms with Crippen molar-refractivity contribution in [3.8, 4) is 0 Å². The number of hydrogen-bond acceptors (Lipinski definition) is 2. The van der Waals surface area contributed by atoms with Crippen LogP contribution in [0, 0.1) is 0 Å². The van der Waals surface area contributed by atoms with Gasteiger partial charge in [0.05, 0.1) is 0 Å². The minimum Gasteiger partial charge on any atom is -0.462 e. The molecule has 1 rings (SSSR count). The average Bonchev–Trinajstić information content (AvgIpc) is 2.19. The Morgan fingerprint density at radius 3 is 2.64 bits per heavy atom. The van der Waals surface area contributed by atoms with E-state index in [1.165, 1.54) is 5.56 Å². The fraction of sp³-hybridized carbons (Fsp3) is 0.364. The molecule has 0 heterocycles. The van der Waals surface area contributed by atoms with Crippen LogP contribution in [0.25, 0.3) is 0 Å². The first-order valence-corrected chi connectivity index (χ1v) is 5.64. The Hall–Kier alpha value is -0.830. The molecule has 1 unspecified atom stereocenters. The van der Waals surface area contributed by atoms with Crippen LogP contribution in [0.1, 0.15) is 12.5 Å². The largest absolute Gasteiger partial charge is 0.462 e. The zero-order valence-corrected chi connectivity index (χ0v) is 9.66. The van der Waals surface area contributed by atoms with E-state index in [-0.39, 0.29) is 17.4 Å². The molecular weight excluding hydrogens is 244 g/mol. The SMILES string of the molecule is CC(Cc1ccccc1)OC(=O)CBr. The summed E-state index contributed by atoms with van der Waals surface area (Å²) in [6, 6.07) is 9.98. The lowest BCUT2D eigenvalue weighted by Gasteiger charge is -2.11. The molecule has 1 atom stereocenters. The average molecular weight is 257 g/mol. The topological polar surface area (TPSA) is 26.3 Å². The van der Waals surface area contributed by atoms with Gasteiger partial charge < -0.3 is 4.74 Å². The molecule has 0 aliphatic heterocycles. The zero-order valence-electron chi connectivity index (χ0n) is 8.07. The Balaban J connectivity index is 2.41. The number of carbonyl (C=O) groups is 1. The number of halogens is 1. The molecule has 2 nitrogen and oxygen atoms in total. The Bertz CT molecular complexity index is 285. The fourth-order valence-corrected chi connectivity index (χ4v) is 1.38. The van der Waals surface area contributed by atoms with Crippen LogP contribution in [-0.2, 0) is 16.0 Å². The number of ether oxygens (including phenoxy) is 1. The summed E-state index contributed by atoms with van der Waals surface area (Å²) in [7, 11) is 0. The second kappa shape index (κ2) is 5.81. The van der Waals surface area contributed by atoms with E-state index in [4.69, 9.17) is 4.74 Å². The van der Waals surface area contributed by atoms with Gasteiger partial charge in [0.1, 0.15) is 11.4 Å². The van der Waals surface area contributed by atoms with Crippen LogP contribution in [0.4, 0.5) is 0 Å². The first-order chi connectivity index (χ1) is 6.72. The lowest BCUT2D eigenvalue weighted by atomic mass is 10.1. The van der Waals surface area contributed by atoms with Crippen molar-refractivity contribution >= 4 is 21.9 Å². The highest BCUT2D eigenvalue weighted by atomic mass is 79.9. The van der Waals surface area contributed by atoms with Crippen LogP contribution in [0.2, 0.25) is 0 Å². The van der Waals surface area contributed by atoms with Crippen LogP contribution in [-0.4, -0.2) is 17.4 Å². The molecule has 0 bridgehead atoms. The third-order valence-electron chi connectivity index (χ3n) is 1.81. The van der Waals surface area contributed by atoms with Gasteiger partial charge in [-0.05, 0) is 12.5 Å². The van der Waals surface area contributed by atoms with Crippen LogP contribution < -0.4 is 0 Å². The van der Waals surface area contributed by atoms with Gasteiger partial charge in [-0.15, -0.1) is 0 Å². The maximum atomic E-state index is 10.9. The third kappa shape index (κ3) is 3.92. The fourth-order valence-electron chi connectivity index (χ4n) is 1.24. The van der Waals surface area contributed by atoms with E-state index in [0.29, 0.717) is 0 Å². The maximum absolute atomic E-state index is 10.9. The van der Waals surface area contributed by atoms with Gasteiger partial charge >= 0.3 is 5.97 Å². The summed E-state index contributed by atoms with van der Waals surface area (Å²) in [4.78, 5) is 10.9. The Morgan fingerprint density at radius 2 is 2.07 bits per heavy atom. The predicted octanol–water partition coefficient (Wildman–Crippen LogP) is 2.56. The summed E-state index contributed by atoms with van der Waals surface area (Å²) in [5, 5.41) is 0.256. The van der Waals surface area contributed by atoms with Gasteiger partial charge in [0, 0.05) is 6.42 Å². The van der Waals surface area contributed by atoms with Crippen molar-refractivity contribution in [3.05, 3.63) is 35.9 Å². The molecule has 0 saturated carbocycles. The van der Waals surface area contributed by atoms with Crippen LogP contribution in [0.3, 0.4) is 0 Å². The standard InChI is InChI=1S/C11H13BrO2/c1-9(14-11(13)8-12)7-10-5-3-2-4-6-10/h2-6,9H,7-8H2,1H3. The van der Waals surface area contributed by atoms with Gasteiger partial charge in [0.15, 0.2) is 0 Å². The smallest absolute Gasteiger partial charge is 0.316 e. The van der Waals surface area contributed by atoms with E-state index in [9.17, 15) is 4.79 Å². The summed E-state index contributed by atoms with van der Waals surface area (Å²) in [6.07, 6.45) is 0.696. The zero-order chi connectivity index (χ0) is 10.4. The molecular formula is C11H13BrO2. The number of hydrogen-bond donors (Lipinski definition) is 0. The highest BCUT2D eigenvalue weighted by molar-refractivity contribution is 9.09. The summed E-state index contributed by atoms with van der Waals surface area (Å²) in [5.41, 5.74) is 1.18. The molecule has 3 heteroatoms. The summed E-state index contributed by atoms with van der Waals surface area (Å²) in [6.45, 7) is 1.90. The molecule has 14 heavy (non-hydrogen) atoms. The number of benzene rings is 1. The van der Waals surface area contributed by atoms with Crippen LogP contribution >= 0.6 is 15.9 Å². The molecule has 1 aromatic carbocycles. The minimum absolute atomic E-state index is 0.0672. The second-order valence-electron chi connectivity index (χ2n) is 3.12. The predicted molar refractivity (Wildman–Crippen MR) is 59.5 cm³/mol. The normalized spacial score (nSPS) is 12.1. The van der Waals surface area contributed by atoms with Gasteiger partial charge in [-0.2, -0.15) is 0 Å². The summed E-state index contributed by atoms with van der Waals surface area (Å²) < 4.78 is 5.12. The van der Waals surface area contributed by atoms with Crippen molar-refractivity contribution in [1.82, 2.24) is 0 Å². The van der Waals surface area contributed by atoms with Gasteiger partial charge in [-0.25, -0.2) is 0 Å². The second-order valence-corrected chi connectivity index (χ2v) is 3.68. The van der Waals surface area contributed by atoms with E-state index in [2.05, 4.69) is 15.9 Å². The molecule has 0 aliphatic carbocycles. The molecule has 0 amide bonds. The number of rotatable bonds is 4. The number of carbonyl (C=O) groups excluding carboxylic acids is 1. The van der Waals surface area contributed by atoms with Crippen molar-refractivity contribution in [1.29, 1.82) is 0 Å². The molecule has 0 radical (unpaired) electrons. The molecule has 0 aromatic heterocycles. The van der Waals surface area contributed by atoms with E-state index in [1.807, 2.05) is 37.3 Å². The lowest BCUT2D eigenvalue weighted by Crippen LogP contribution is -2.17. The summed E-state index contributed by atoms with van der Waals surface area (Å²) in [5.74, 6) is -0.214. The lowest BCUT2D eigenvalue weighted by molar-refractivity contribution is -0.144. The quantitative estimate of drug-likeness (QED) is 0.612. The molecule has 0 saturated heterocycles. The van der Waals surface area contributed by atoms with Crippen LogP contribution in [0.5, 0.6) is 0 Å². The van der Waals surface area contributed by atoms with Crippen molar-refractivity contribution in [2.75, 3.05) is 5.33 Å². The third-order valence-corrected chi connectivity index (χ3v) is 2.27. The van der Waals surface area contributed by atoms with Crippen molar-refractivity contribution < 1.29 is 9.53 Å². The summed E-state index contributed by atoms with van der Waals surface area (Å²) >= 11 is 3.05. The van der Waals surface area contributed by atoms with E-state index < -0.39 is 0 Å². The molecule has 0 aliphatic rings. The highest BCUT2D eigenvalue weighted by Crippen LogP contribution is 2.05. The van der Waals surface area contributed by atoms with Crippen molar-refractivity contribution in [2.45, 2.75) is 19.4 Å². The molecule has 0 fully saturated rings. The number of alkyl halides is 1. The first kappa shape index (κ1) is 11.2. The van der Waals surface area contributed by atoms with E-state index in [1.54, 1.807) is 0 Å². The Labute approximate surface area is 92.4 Å². The molecule has 0 spiro atoms.